The highest BCUT2D eigenvalue weighted by atomic mass is 32.1. The van der Waals surface area contributed by atoms with Crippen molar-refractivity contribution >= 4 is 28.9 Å². The minimum absolute atomic E-state index is 0.0287. The highest BCUT2D eigenvalue weighted by Crippen LogP contribution is 2.30. The number of aromatic nitrogens is 1. The maximum atomic E-state index is 13.9. The summed E-state index contributed by atoms with van der Waals surface area (Å²) >= 11 is 1.14. The smallest absolute Gasteiger partial charge is 0.273 e. The number of nitrogens with zero attached hydrogens (tertiary/aromatic N) is 3. The molecule has 0 bridgehead atoms. The maximum Gasteiger partial charge on any atom is 0.273 e. The Morgan fingerprint density at radius 2 is 1.38 bits per heavy atom. The van der Waals surface area contributed by atoms with Gasteiger partial charge in [0.15, 0.2) is 17.1 Å². The minimum Gasteiger partial charge on any atom is -0.485 e. The van der Waals surface area contributed by atoms with E-state index < -0.39 is 0 Å². The van der Waals surface area contributed by atoms with E-state index in [1.165, 1.54) is 4.57 Å². The summed E-state index contributed by atoms with van der Waals surface area (Å²) in [6.07, 6.45) is 3.57. The predicted molar refractivity (Wildman–Crippen MR) is 176 cm³/mol. The predicted octanol–water partition coefficient (Wildman–Crippen LogP) is 5.18. The molecule has 8 heteroatoms. The molecule has 0 aliphatic carbocycles. The van der Waals surface area contributed by atoms with E-state index in [-0.39, 0.29) is 17.0 Å². The number of likely N-dealkylation sites (tertiary alicyclic amines) is 1. The van der Waals surface area contributed by atoms with Gasteiger partial charge in [-0.3, -0.25) is 14.2 Å². The quantitative estimate of drug-likeness (QED) is 0.229. The van der Waals surface area contributed by atoms with Crippen molar-refractivity contribution in [3.63, 3.8) is 0 Å². The van der Waals surface area contributed by atoms with Crippen LogP contribution in [0.4, 0.5) is 0 Å². The molecule has 2 heterocycles. The number of hydrogen-bond acceptors (Lipinski definition) is 6. The van der Waals surface area contributed by atoms with Gasteiger partial charge >= 0.3 is 0 Å². The van der Waals surface area contributed by atoms with Gasteiger partial charge in [0.05, 0.1) is 10.2 Å². The van der Waals surface area contributed by atoms with Crippen LogP contribution in [0.25, 0.3) is 17.3 Å². The molecule has 0 unspecified atom stereocenters. The van der Waals surface area contributed by atoms with Crippen LogP contribution >= 0.6 is 11.3 Å². The highest BCUT2D eigenvalue weighted by Gasteiger charge is 2.24. The van der Waals surface area contributed by atoms with Crippen molar-refractivity contribution in [3.8, 4) is 23.3 Å². The molecule has 0 atom stereocenters. The summed E-state index contributed by atoms with van der Waals surface area (Å²) < 4.78 is 14.6. The van der Waals surface area contributed by atoms with Crippen molar-refractivity contribution in [3.05, 3.63) is 145 Å². The second kappa shape index (κ2) is 13.9. The molecule has 0 N–H and O–H groups in total. The van der Waals surface area contributed by atoms with Crippen LogP contribution in [-0.4, -0.2) is 28.5 Å². The number of benzene rings is 4. The maximum absolute atomic E-state index is 13.9. The van der Waals surface area contributed by atoms with E-state index in [2.05, 4.69) is 6.07 Å². The van der Waals surface area contributed by atoms with Crippen LogP contribution < -0.4 is 24.2 Å². The molecular weight excluding hydrogens is 582 g/mol. The Morgan fingerprint density at radius 3 is 1.98 bits per heavy atom. The van der Waals surface area contributed by atoms with Crippen LogP contribution in [0.5, 0.6) is 11.5 Å². The fraction of sp³-hybridized carbons (Fsp3) is 0.162. The average Bonchev–Trinajstić information content (AvgIpc) is 3.74. The number of thiazole rings is 1. The SMILES string of the molecule is N#C/C(C(=O)N1CCCC1)=c1/s/c(=C\c2ccc(OCc3ccccc3)c(OCc3ccccc3)c2)c(=O)n1-c1ccccc1. The van der Waals surface area contributed by atoms with E-state index >= 15 is 0 Å². The third-order valence-electron chi connectivity index (χ3n) is 7.51. The Morgan fingerprint density at radius 1 is 0.800 bits per heavy atom. The number of rotatable bonds is 9. The zero-order valence-electron chi connectivity index (χ0n) is 24.6. The summed E-state index contributed by atoms with van der Waals surface area (Å²) in [6, 6.07) is 36.5. The summed E-state index contributed by atoms with van der Waals surface area (Å²) in [5.74, 6) is 0.776. The van der Waals surface area contributed by atoms with Crippen LogP contribution in [0.1, 0.15) is 29.5 Å². The van der Waals surface area contributed by atoms with Gasteiger partial charge in [0.1, 0.15) is 23.9 Å². The first kappa shape index (κ1) is 29.7. The van der Waals surface area contributed by atoms with E-state index in [0.717, 1.165) is 40.9 Å². The number of nitriles is 1. The molecule has 1 amide bonds. The van der Waals surface area contributed by atoms with Crippen molar-refractivity contribution < 1.29 is 14.3 Å². The topological polar surface area (TPSA) is 84.6 Å². The normalized spacial score (nSPS) is 13.8. The first-order valence-electron chi connectivity index (χ1n) is 14.8. The van der Waals surface area contributed by atoms with Gasteiger partial charge in [-0.25, -0.2) is 0 Å². The molecule has 1 saturated heterocycles. The van der Waals surface area contributed by atoms with Crippen LogP contribution in [-0.2, 0) is 18.0 Å². The molecular formula is C37H31N3O4S. The summed E-state index contributed by atoms with van der Waals surface area (Å²) in [6.45, 7) is 1.93. The molecule has 4 aromatic carbocycles. The lowest BCUT2D eigenvalue weighted by Crippen LogP contribution is -2.35. The third kappa shape index (κ3) is 6.90. The number of ether oxygens (including phenoxy) is 2. The number of carbonyl (C=O) groups excluding carboxylic acids is 1. The van der Waals surface area contributed by atoms with Crippen molar-refractivity contribution in [2.24, 2.45) is 0 Å². The van der Waals surface area contributed by atoms with Gasteiger partial charge in [-0.2, -0.15) is 5.26 Å². The Bertz CT molecular complexity index is 2010. The van der Waals surface area contributed by atoms with Crippen molar-refractivity contribution in [1.29, 1.82) is 5.26 Å². The number of para-hydroxylation sites is 1. The fourth-order valence-corrected chi connectivity index (χ4v) is 6.29. The summed E-state index contributed by atoms with van der Waals surface area (Å²) in [7, 11) is 0. The van der Waals surface area contributed by atoms with Gasteiger partial charge < -0.3 is 14.4 Å². The van der Waals surface area contributed by atoms with Gasteiger partial charge in [0.25, 0.3) is 11.5 Å². The van der Waals surface area contributed by atoms with Gasteiger partial charge in [0, 0.05) is 13.1 Å². The minimum atomic E-state index is -0.344. The Hall–Kier alpha value is -5.39. The first-order valence-corrected chi connectivity index (χ1v) is 15.6. The molecule has 0 saturated carbocycles. The molecule has 1 aliphatic heterocycles. The molecule has 0 radical (unpaired) electrons. The largest absolute Gasteiger partial charge is 0.485 e. The average molecular weight is 614 g/mol. The molecule has 6 rings (SSSR count). The number of amides is 1. The van der Waals surface area contributed by atoms with E-state index in [4.69, 9.17) is 9.47 Å². The van der Waals surface area contributed by atoms with Crippen LogP contribution in [0, 0.1) is 11.3 Å². The van der Waals surface area contributed by atoms with Crippen LogP contribution in [0.3, 0.4) is 0 Å². The van der Waals surface area contributed by atoms with Gasteiger partial charge in [0.2, 0.25) is 0 Å². The number of hydrogen-bond donors (Lipinski definition) is 0. The molecule has 1 aromatic heterocycles. The second-order valence-electron chi connectivity index (χ2n) is 10.6. The van der Waals surface area contributed by atoms with E-state index in [9.17, 15) is 14.9 Å². The molecule has 1 aliphatic rings. The highest BCUT2D eigenvalue weighted by molar-refractivity contribution is 7.07. The molecule has 1 fully saturated rings. The molecule has 7 nitrogen and oxygen atoms in total. The van der Waals surface area contributed by atoms with Crippen LogP contribution in [0.2, 0.25) is 0 Å². The lowest BCUT2D eigenvalue weighted by molar-refractivity contribution is -0.123. The molecule has 45 heavy (non-hydrogen) atoms. The van der Waals surface area contributed by atoms with E-state index in [1.54, 1.807) is 23.1 Å². The number of carbonyl (C=O) groups is 1. The summed E-state index contributed by atoms with van der Waals surface area (Å²) in [4.78, 5) is 29.0. The van der Waals surface area contributed by atoms with Gasteiger partial charge in [-0.05, 0) is 59.9 Å². The van der Waals surface area contributed by atoms with E-state index in [1.807, 2.05) is 97.1 Å². The summed E-state index contributed by atoms with van der Waals surface area (Å²) in [5.41, 5.74) is 3.02. The Balaban J connectivity index is 1.43. The molecule has 0 spiro atoms. The zero-order valence-corrected chi connectivity index (χ0v) is 25.4. The van der Waals surface area contributed by atoms with Crippen molar-refractivity contribution in [2.75, 3.05) is 13.1 Å². The second-order valence-corrected chi connectivity index (χ2v) is 11.7. The Kier molecular flexibility index (Phi) is 9.19. The standard InChI is InChI=1S/C37H31N3O4S/c38-24-31(35(41)39-20-10-11-21-39)37-40(30-16-8-3-9-17-30)36(42)34(45-37)23-29-18-19-32(43-25-27-12-4-1-5-13-27)33(22-29)44-26-28-14-6-2-7-15-28/h1-9,12-19,22-23H,10-11,20-21,25-26H2/b34-23-,37-31-. The van der Waals surface area contributed by atoms with Gasteiger partial charge in [-0.1, -0.05) is 84.9 Å². The van der Waals surface area contributed by atoms with Crippen molar-refractivity contribution in [1.82, 2.24) is 9.47 Å². The summed E-state index contributed by atoms with van der Waals surface area (Å²) in [5, 5.41) is 10.1. The lowest BCUT2D eigenvalue weighted by Gasteiger charge is -2.14. The fourth-order valence-electron chi connectivity index (χ4n) is 5.20. The van der Waals surface area contributed by atoms with Gasteiger partial charge in [-0.15, -0.1) is 11.3 Å². The lowest BCUT2D eigenvalue weighted by atomic mass is 10.2. The molecule has 224 valence electrons. The third-order valence-corrected chi connectivity index (χ3v) is 8.60. The zero-order chi connectivity index (χ0) is 31.0. The molecule has 5 aromatic rings. The van der Waals surface area contributed by atoms with E-state index in [0.29, 0.717) is 52.7 Å². The van der Waals surface area contributed by atoms with Crippen LogP contribution in [0.15, 0.2) is 114 Å². The van der Waals surface area contributed by atoms with Crippen molar-refractivity contribution in [2.45, 2.75) is 26.1 Å². The monoisotopic (exact) mass is 613 g/mol. The first-order chi connectivity index (χ1) is 22.1. The Labute approximate surface area is 265 Å².